The zero-order chi connectivity index (χ0) is 8.27. The second kappa shape index (κ2) is 3.23. The Hall–Kier alpha value is -1.25. The Kier molecular flexibility index (Phi) is 2.31. The summed E-state index contributed by atoms with van der Waals surface area (Å²) in [4.78, 5) is 10.5. The lowest BCUT2D eigenvalue weighted by molar-refractivity contribution is -0.132. The molecule has 1 aromatic heterocycles. The Morgan fingerprint density at radius 1 is 1.73 bits per heavy atom. The molecule has 0 saturated carbocycles. The lowest BCUT2D eigenvalue weighted by atomic mass is 10.6. The van der Waals surface area contributed by atoms with Crippen molar-refractivity contribution in [3.8, 4) is 5.88 Å². The third kappa shape index (κ3) is 1.83. The maximum Gasteiger partial charge on any atom is 0.309 e. The molecule has 3 nitrogen and oxygen atoms in total. The van der Waals surface area contributed by atoms with E-state index in [0.29, 0.717) is 5.88 Å². The van der Waals surface area contributed by atoms with E-state index in [4.69, 9.17) is 4.74 Å². The largest absolute Gasteiger partial charge is 0.410 e. The highest BCUT2D eigenvalue weighted by atomic mass is 16.5. The van der Waals surface area contributed by atoms with Gasteiger partial charge in [0.15, 0.2) is 0 Å². The van der Waals surface area contributed by atoms with E-state index in [1.54, 1.807) is 6.07 Å². The highest BCUT2D eigenvalue weighted by Gasteiger charge is 2.01. The minimum absolute atomic E-state index is 0.279. The third-order valence-electron chi connectivity index (χ3n) is 1.38. The predicted octanol–water partition coefficient (Wildman–Crippen LogP) is 1.43. The Labute approximate surface area is 65.6 Å². The SMILES string of the molecule is CCn1cccc1OC(C)=O. The number of hydrogen-bond donors (Lipinski definition) is 0. The number of nitrogens with zero attached hydrogens (tertiary/aromatic N) is 1. The first-order valence-corrected chi connectivity index (χ1v) is 3.57. The van der Waals surface area contributed by atoms with Crippen LogP contribution in [-0.2, 0) is 11.3 Å². The van der Waals surface area contributed by atoms with Gasteiger partial charge in [-0.15, -0.1) is 0 Å². The summed E-state index contributed by atoms with van der Waals surface area (Å²) in [5, 5.41) is 0. The van der Waals surface area contributed by atoms with Gasteiger partial charge in [-0.3, -0.25) is 4.79 Å². The molecule has 0 amide bonds. The molecule has 1 heterocycles. The van der Waals surface area contributed by atoms with Gasteiger partial charge >= 0.3 is 5.97 Å². The first-order chi connectivity index (χ1) is 5.24. The van der Waals surface area contributed by atoms with Gasteiger partial charge in [-0.05, 0) is 13.0 Å². The summed E-state index contributed by atoms with van der Waals surface area (Å²) in [6, 6.07) is 3.62. The fourth-order valence-corrected chi connectivity index (χ4v) is 0.900. The third-order valence-corrected chi connectivity index (χ3v) is 1.38. The van der Waals surface area contributed by atoms with Crippen LogP contribution in [0.25, 0.3) is 0 Å². The maximum atomic E-state index is 10.5. The van der Waals surface area contributed by atoms with Gasteiger partial charge in [0.05, 0.1) is 0 Å². The molecule has 1 aromatic rings. The second-order valence-corrected chi connectivity index (χ2v) is 2.23. The van der Waals surface area contributed by atoms with E-state index < -0.39 is 0 Å². The summed E-state index contributed by atoms with van der Waals surface area (Å²) >= 11 is 0. The number of rotatable bonds is 2. The molecule has 0 fully saturated rings. The van der Waals surface area contributed by atoms with Crippen molar-refractivity contribution >= 4 is 5.97 Å². The van der Waals surface area contributed by atoms with Gasteiger partial charge in [0.25, 0.3) is 0 Å². The summed E-state index contributed by atoms with van der Waals surface area (Å²) in [6.07, 6.45) is 1.87. The zero-order valence-electron chi connectivity index (χ0n) is 6.70. The molecule has 0 spiro atoms. The second-order valence-electron chi connectivity index (χ2n) is 2.23. The number of carbonyl (C=O) groups excluding carboxylic acids is 1. The van der Waals surface area contributed by atoms with E-state index in [1.807, 2.05) is 23.8 Å². The average molecular weight is 153 g/mol. The number of aryl methyl sites for hydroxylation is 1. The molecule has 0 saturated heterocycles. The average Bonchev–Trinajstić information content (AvgIpc) is 2.34. The van der Waals surface area contributed by atoms with Crippen molar-refractivity contribution in [3.05, 3.63) is 18.3 Å². The molecule has 1 rings (SSSR count). The molecule has 60 valence electrons. The van der Waals surface area contributed by atoms with E-state index in [9.17, 15) is 4.79 Å². The molecule has 0 N–H and O–H groups in total. The monoisotopic (exact) mass is 153 g/mol. The fourth-order valence-electron chi connectivity index (χ4n) is 0.900. The summed E-state index contributed by atoms with van der Waals surface area (Å²) in [7, 11) is 0. The maximum absolute atomic E-state index is 10.5. The Morgan fingerprint density at radius 2 is 2.45 bits per heavy atom. The highest BCUT2D eigenvalue weighted by molar-refractivity contribution is 5.68. The number of hydrogen-bond acceptors (Lipinski definition) is 2. The van der Waals surface area contributed by atoms with Crippen molar-refractivity contribution in [2.24, 2.45) is 0 Å². The van der Waals surface area contributed by atoms with Crippen LogP contribution in [0.3, 0.4) is 0 Å². The summed E-state index contributed by atoms with van der Waals surface area (Å²) in [6.45, 7) is 4.20. The molecule has 0 aliphatic carbocycles. The van der Waals surface area contributed by atoms with Crippen molar-refractivity contribution in [1.82, 2.24) is 4.57 Å². The first kappa shape index (κ1) is 7.85. The van der Waals surface area contributed by atoms with Crippen molar-refractivity contribution in [2.75, 3.05) is 0 Å². The van der Waals surface area contributed by atoms with Crippen molar-refractivity contribution in [2.45, 2.75) is 20.4 Å². The van der Waals surface area contributed by atoms with E-state index in [-0.39, 0.29) is 5.97 Å². The minimum Gasteiger partial charge on any atom is -0.410 e. The minimum atomic E-state index is -0.279. The first-order valence-electron chi connectivity index (χ1n) is 3.57. The predicted molar refractivity (Wildman–Crippen MR) is 41.4 cm³/mol. The van der Waals surface area contributed by atoms with E-state index >= 15 is 0 Å². The van der Waals surface area contributed by atoms with Crippen LogP contribution in [0, 0.1) is 0 Å². The molecule has 0 aromatic carbocycles. The van der Waals surface area contributed by atoms with Crippen LogP contribution < -0.4 is 4.74 Å². The molecule has 0 unspecified atom stereocenters. The summed E-state index contributed by atoms with van der Waals surface area (Å²) in [5.41, 5.74) is 0. The number of carbonyl (C=O) groups is 1. The lowest BCUT2D eigenvalue weighted by Crippen LogP contribution is -2.05. The van der Waals surface area contributed by atoms with Gasteiger partial charge in [-0.2, -0.15) is 0 Å². The highest BCUT2D eigenvalue weighted by Crippen LogP contribution is 2.11. The van der Waals surface area contributed by atoms with E-state index in [1.165, 1.54) is 6.92 Å². The Balaban J connectivity index is 2.76. The standard InChI is InChI=1S/C8H11NO2/c1-3-9-6-4-5-8(9)11-7(2)10/h4-6H,3H2,1-2H3. The summed E-state index contributed by atoms with van der Waals surface area (Å²) < 4.78 is 6.76. The van der Waals surface area contributed by atoms with Crippen LogP contribution in [0.2, 0.25) is 0 Å². The molecular formula is C8H11NO2. The van der Waals surface area contributed by atoms with Gasteiger partial charge in [0, 0.05) is 25.7 Å². The Bertz CT molecular complexity index is 252. The van der Waals surface area contributed by atoms with Crippen LogP contribution in [-0.4, -0.2) is 10.5 Å². The van der Waals surface area contributed by atoms with Crippen LogP contribution >= 0.6 is 0 Å². The molecular weight excluding hydrogens is 142 g/mol. The molecule has 11 heavy (non-hydrogen) atoms. The molecule has 3 heteroatoms. The zero-order valence-corrected chi connectivity index (χ0v) is 6.70. The fraction of sp³-hybridized carbons (Fsp3) is 0.375. The topological polar surface area (TPSA) is 31.2 Å². The molecule has 0 aliphatic rings. The van der Waals surface area contributed by atoms with Gasteiger partial charge in [0.2, 0.25) is 5.88 Å². The van der Waals surface area contributed by atoms with Gasteiger partial charge in [-0.1, -0.05) is 0 Å². The number of aromatic nitrogens is 1. The van der Waals surface area contributed by atoms with Crippen LogP contribution in [0.5, 0.6) is 5.88 Å². The van der Waals surface area contributed by atoms with Gasteiger partial charge in [0.1, 0.15) is 0 Å². The van der Waals surface area contributed by atoms with Gasteiger partial charge < -0.3 is 9.30 Å². The van der Waals surface area contributed by atoms with Crippen molar-refractivity contribution in [3.63, 3.8) is 0 Å². The van der Waals surface area contributed by atoms with E-state index in [2.05, 4.69) is 0 Å². The molecule has 0 aliphatic heterocycles. The summed E-state index contributed by atoms with van der Waals surface area (Å²) in [5.74, 6) is 0.332. The normalized spacial score (nSPS) is 9.64. The Morgan fingerprint density at radius 3 is 3.00 bits per heavy atom. The van der Waals surface area contributed by atoms with Crippen LogP contribution in [0.4, 0.5) is 0 Å². The van der Waals surface area contributed by atoms with Crippen molar-refractivity contribution in [1.29, 1.82) is 0 Å². The molecule has 0 atom stereocenters. The smallest absolute Gasteiger partial charge is 0.309 e. The molecule has 0 bridgehead atoms. The van der Waals surface area contributed by atoms with E-state index in [0.717, 1.165) is 6.54 Å². The number of ether oxygens (including phenoxy) is 1. The number of esters is 1. The van der Waals surface area contributed by atoms with Gasteiger partial charge in [-0.25, -0.2) is 0 Å². The quantitative estimate of drug-likeness (QED) is 0.602. The lowest BCUT2D eigenvalue weighted by Gasteiger charge is -2.03. The molecule has 0 radical (unpaired) electrons. The van der Waals surface area contributed by atoms with Crippen LogP contribution in [0.1, 0.15) is 13.8 Å². The van der Waals surface area contributed by atoms with Crippen molar-refractivity contribution < 1.29 is 9.53 Å². The van der Waals surface area contributed by atoms with Crippen LogP contribution in [0.15, 0.2) is 18.3 Å².